The molecule has 0 aliphatic heterocycles. The van der Waals surface area contributed by atoms with E-state index in [0.29, 0.717) is 13.0 Å². The lowest BCUT2D eigenvalue weighted by Crippen LogP contribution is -2.29. The summed E-state index contributed by atoms with van der Waals surface area (Å²) in [6.45, 7) is 7.48. The van der Waals surface area contributed by atoms with Gasteiger partial charge in [0.15, 0.2) is 0 Å². The van der Waals surface area contributed by atoms with E-state index in [1.54, 1.807) is 6.92 Å². The Morgan fingerprint density at radius 1 is 1.13 bits per heavy atom. The molecule has 0 spiro atoms. The highest BCUT2D eigenvalue weighted by atomic mass is 127. The van der Waals surface area contributed by atoms with Gasteiger partial charge in [-0.25, -0.2) is 0 Å². The second kappa shape index (κ2) is 11.4. The number of hydrogen-bond donors (Lipinski definition) is 0. The third-order valence-electron chi connectivity index (χ3n) is 2.78. The maximum absolute atomic E-state index is 12.0. The number of halogens is 1. The van der Waals surface area contributed by atoms with Gasteiger partial charge in [0.1, 0.15) is 5.60 Å². The van der Waals surface area contributed by atoms with Crippen molar-refractivity contribution in [1.29, 1.82) is 0 Å². The number of hydrogen-bond acceptors (Lipinski definition) is 4. The summed E-state index contributed by atoms with van der Waals surface area (Å²) in [5, 5.41) is 0. The van der Waals surface area contributed by atoms with Crippen molar-refractivity contribution in [1.82, 2.24) is 0 Å². The van der Waals surface area contributed by atoms with E-state index in [2.05, 4.69) is 22.6 Å². The van der Waals surface area contributed by atoms with Crippen molar-refractivity contribution in [2.45, 2.75) is 46.1 Å². The molecule has 0 fully saturated rings. The van der Waals surface area contributed by atoms with Crippen LogP contribution in [0.2, 0.25) is 0 Å². The number of esters is 2. The first-order valence-corrected chi connectivity index (χ1v) is 9.77. The Kier molecular flexibility index (Phi) is 10.9. The molecule has 0 N–H and O–H groups in total. The van der Waals surface area contributed by atoms with Crippen LogP contribution < -0.4 is 0 Å². The van der Waals surface area contributed by atoms with Crippen LogP contribution in [0.25, 0.3) is 0 Å². The van der Waals surface area contributed by atoms with E-state index in [4.69, 9.17) is 9.47 Å². The second-order valence-electron chi connectivity index (χ2n) is 5.93. The van der Waals surface area contributed by atoms with Crippen LogP contribution in [0.1, 0.15) is 39.7 Å². The molecule has 0 aromatic heterocycles. The lowest BCUT2D eigenvalue weighted by atomic mass is 9.96. The highest BCUT2D eigenvalue weighted by Gasteiger charge is 2.26. The highest BCUT2D eigenvalue weighted by Crippen LogP contribution is 2.17. The topological polar surface area (TPSA) is 52.6 Å². The number of carbonyl (C=O) groups excluding carboxylic acids is 2. The van der Waals surface area contributed by atoms with Crippen molar-refractivity contribution in [3.63, 3.8) is 0 Å². The summed E-state index contributed by atoms with van der Waals surface area (Å²) in [4.78, 5) is 25.9. The minimum atomic E-state index is -0.553. The predicted molar refractivity (Wildman–Crippen MR) is 101 cm³/mol. The van der Waals surface area contributed by atoms with Crippen molar-refractivity contribution >= 4 is 34.5 Å². The monoisotopic (exact) mass is 434 g/mol. The van der Waals surface area contributed by atoms with Gasteiger partial charge in [-0.3, -0.25) is 9.59 Å². The Morgan fingerprint density at radius 3 is 2.17 bits per heavy atom. The van der Waals surface area contributed by atoms with Crippen LogP contribution in [0.15, 0.2) is 30.3 Å². The molecule has 0 aliphatic carbocycles. The van der Waals surface area contributed by atoms with Crippen LogP contribution >= 0.6 is 22.6 Å². The van der Waals surface area contributed by atoms with Crippen LogP contribution in [0.5, 0.6) is 0 Å². The summed E-state index contributed by atoms with van der Waals surface area (Å²) in [7, 11) is 0. The average Bonchev–Trinajstić information content (AvgIpc) is 2.48. The molecule has 0 amide bonds. The van der Waals surface area contributed by atoms with Crippen molar-refractivity contribution < 1.29 is 19.1 Å². The van der Waals surface area contributed by atoms with Gasteiger partial charge in [0.25, 0.3) is 0 Å². The molecule has 1 aromatic carbocycles. The summed E-state index contributed by atoms with van der Waals surface area (Å²) >= 11 is 2.15. The Labute approximate surface area is 153 Å². The van der Waals surface area contributed by atoms with Gasteiger partial charge in [0.2, 0.25) is 0 Å². The fraction of sp³-hybridized carbons (Fsp3) is 0.556. The molecular formula is C18H27IO4. The van der Waals surface area contributed by atoms with E-state index in [1.165, 1.54) is 0 Å². The van der Waals surface area contributed by atoms with E-state index in [0.717, 1.165) is 5.56 Å². The molecule has 0 heterocycles. The fourth-order valence-electron chi connectivity index (χ4n) is 1.98. The first-order chi connectivity index (χ1) is 10.8. The van der Waals surface area contributed by atoms with Gasteiger partial charge >= 0.3 is 11.9 Å². The zero-order valence-corrected chi connectivity index (χ0v) is 16.8. The van der Waals surface area contributed by atoms with Gasteiger partial charge in [-0.2, -0.15) is 0 Å². The van der Waals surface area contributed by atoms with Gasteiger partial charge in [0, 0.05) is 0 Å². The van der Waals surface area contributed by atoms with Crippen molar-refractivity contribution in [2.75, 3.05) is 11.5 Å². The van der Waals surface area contributed by atoms with Crippen molar-refractivity contribution in [3.8, 4) is 0 Å². The van der Waals surface area contributed by atoms with E-state index >= 15 is 0 Å². The first kappa shape index (κ1) is 21.9. The van der Waals surface area contributed by atoms with Gasteiger partial charge in [0.05, 0.1) is 18.9 Å². The summed E-state index contributed by atoms with van der Waals surface area (Å²) in [5.74, 6) is -1.24. The minimum absolute atomic E-state index is 0.0327. The number of carbonyl (C=O) groups is 2. The molecular weight excluding hydrogens is 407 g/mol. The van der Waals surface area contributed by atoms with Gasteiger partial charge in [-0.05, 0) is 44.6 Å². The third-order valence-corrected chi connectivity index (χ3v) is 2.78. The Bertz CT molecular complexity index is 466. The standard InChI is InChI=1S/C17H24O4.CH3I/c1-5-20-16(19)14(11-13-9-7-6-8-10-13)12-15(18)21-17(2,3)4;1-2/h6-10,14H,5,11-12H2,1-4H3;1H3. The maximum atomic E-state index is 12.0. The average molecular weight is 434 g/mol. The number of rotatable bonds is 6. The summed E-state index contributed by atoms with van der Waals surface area (Å²) in [6.07, 6.45) is 0.504. The zero-order chi connectivity index (χ0) is 17.9. The maximum Gasteiger partial charge on any atom is 0.309 e. The highest BCUT2D eigenvalue weighted by molar-refractivity contribution is 14.1. The van der Waals surface area contributed by atoms with Crippen LogP contribution in [-0.2, 0) is 25.5 Å². The molecule has 0 saturated heterocycles. The smallest absolute Gasteiger partial charge is 0.309 e. The Balaban J connectivity index is 0.00000232. The van der Waals surface area contributed by atoms with E-state index in [-0.39, 0.29) is 18.4 Å². The molecule has 0 aliphatic rings. The molecule has 1 atom stereocenters. The molecule has 0 bridgehead atoms. The SMILES string of the molecule is CCOC(=O)C(CC(=O)OC(C)(C)C)Cc1ccccc1.CI. The van der Waals surface area contributed by atoms with E-state index in [9.17, 15) is 9.59 Å². The molecule has 1 unspecified atom stereocenters. The summed E-state index contributed by atoms with van der Waals surface area (Å²) in [6, 6.07) is 9.59. The van der Waals surface area contributed by atoms with Crippen molar-refractivity contribution in [2.24, 2.45) is 5.92 Å². The summed E-state index contributed by atoms with van der Waals surface area (Å²) < 4.78 is 10.3. The predicted octanol–water partition coefficient (Wildman–Crippen LogP) is 4.19. The van der Waals surface area contributed by atoms with Crippen molar-refractivity contribution in [3.05, 3.63) is 35.9 Å². The molecule has 1 rings (SSSR count). The molecule has 4 nitrogen and oxygen atoms in total. The van der Waals surface area contributed by atoms with Gasteiger partial charge in [-0.1, -0.05) is 52.9 Å². The van der Waals surface area contributed by atoms with E-state index < -0.39 is 11.5 Å². The Morgan fingerprint density at radius 2 is 1.70 bits per heavy atom. The Hall–Kier alpha value is -1.11. The van der Waals surface area contributed by atoms with Crippen LogP contribution in [0, 0.1) is 5.92 Å². The number of ether oxygens (including phenoxy) is 2. The lowest BCUT2D eigenvalue weighted by molar-refractivity contribution is -0.161. The van der Waals surface area contributed by atoms with E-state index in [1.807, 2.05) is 56.0 Å². The zero-order valence-electron chi connectivity index (χ0n) is 14.6. The molecule has 130 valence electrons. The second-order valence-corrected chi connectivity index (χ2v) is 5.93. The molecule has 1 aromatic rings. The molecule has 23 heavy (non-hydrogen) atoms. The van der Waals surface area contributed by atoms with Crippen LogP contribution in [0.4, 0.5) is 0 Å². The first-order valence-electron chi connectivity index (χ1n) is 7.62. The lowest BCUT2D eigenvalue weighted by Gasteiger charge is -2.21. The van der Waals surface area contributed by atoms with Crippen LogP contribution in [0.3, 0.4) is 0 Å². The molecule has 0 radical (unpaired) electrons. The van der Waals surface area contributed by atoms with Crippen LogP contribution in [-0.4, -0.2) is 29.1 Å². The quantitative estimate of drug-likeness (QED) is 0.383. The van der Waals surface area contributed by atoms with Gasteiger partial charge < -0.3 is 9.47 Å². The van der Waals surface area contributed by atoms with Gasteiger partial charge in [-0.15, -0.1) is 0 Å². The summed E-state index contributed by atoms with van der Waals surface area (Å²) in [5.41, 5.74) is 0.447. The minimum Gasteiger partial charge on any atom is -0.466 e. The molecule has 5 heteroatoms. The number of benzene rings is 1. The number of alkyl halides is 1. The molecule has 0 saturated carbocycles. The fourth-order valence-corrected chi connectivity index (χ4v) is 1.98. The normalized spacial score (nSPS) is 11.7. The largest absolute Gasteiger partial charge is 0.466 e. The third kappa shape index (κ3) is 10.3.